The number of hydrogen-bond donors (Lipinski definition) is 3. The molecule has 3 N–H and O–H groups in total. The van der Waals surface area contributed by atoms with Gasteiger partial charge in [-0.1, -0.05) is 0 Å². The molecular formula is C18H24ClN5OS. The number of nitrogens with one attached hydrogen (secondary N) is 3. The first kappa shape index (κ1) is 19.1. The highest BCUT2D eigenvalue weighted by Gasteiger charge is 2.22. The third-order valence-corrected chi connectivity index (χ3v) is 5.85. The number of aryl methyl sites for hydroxylation is 1. The van der Waals surface area contributed by atoms with E-state index in [1.54, 1.807) is 11.8 Å². The summed E-state index contributed by atoms with van der Waals surface area (Å²) >= 11 is 1.63. The molecule has 1 saturated heterocycles. The zero-order valence-corrected chi connectivity index (χ0v) is 16.4. The van der Waals surface area contributed by atoms with Gasteiger partial charge in [-0.05, 0) is 44.0 Å². The fraction of sp³-hybridized carbons (Fsp3) is 0.444. The number of carbonyl (C=O) groups is 1. The summed E-state index contributed by atoms with van der Waals surface area (Å²) in [7, 11) is 0. The zero-order chi connectivity index (χ0) is 17.2. The first-order valence-electron chi connectivity index (χ1n) is 8.75. The molecule has 26 heavy (non-hydrogen) atoms. The topological polar surface area (TPSA) is 73.0 Å². The third-order valence-electron chi connectivity index (χ3n) is 4.86. The van der Waals surface area contributed by atoms with E-state index in [9.17, 15) is 4.79 Å². The molecule has 0 aliphatic carbocycles. The molecule has 0 saturated carbocycles. The van der Waals surface area contributed by atoms with E-state index in [-0.39, 0.29) is 18.3 Å². The van der Waals surface area contributed by atoms with Crippen molar-refractivity contribution in [3.63, 3.8) is 0 Å². The van der Waals surface area contributed by atoms with Crippen LogP contribution in [0.4, 0.5) is 5.69 Å². The smallest absolute Gasteiger partial charge is 0.259 e. The third kappa shape index (κ3) is 3.84. The second kappa shape index (κ2) is 8.33. The second-order valence-electron chi connectivity index (χ2n) is 6.63. The fourth-order valence-electron chi connectivity index (χ4n) is 3.46. The highest BCUT2D eigenvalue weighted by molar-refractivity contribution is 8.04. The Labute approximate surface area is 163 Å². The lowest BCUT2D eigenvalue weighted by Crippen LogP contribution is -2.33. The van der Waals surface area contributed by atoms with Gasteiger partial charge in [0.1, 0.15) is 5.65 Å². The maximum Gasteiger partial charge on any atom is 0.259 e. The van der Waals surface area contributed by atoms with Crippen LogP contribution in [0.3, 0.4) is 0 Å². The molecule has 4 heterocycles. The SMILES string of the molecule is Cc1c[nH]c2nccc(N3C=C(C(=O)NC[C@@H]4CCNC4)SCC3)c12.Cl. The summed E-state index contributed by atoms with van der Waals surface area (Å²) in [6.45, 7) is 5.77. The van der Waals surface area contributed by atoms with Gasteiger partial charge < -0.3 is 20.5 Å². The molecule has 2 aliphatic rings. The lowest BCUT2D eigenvalue weighted by Gasteiger charge is -2.27. The Bertz CT molecular complexity index is 815. The summed E-state index contributed by atoms with van der Waals surface area (Å²) in [5, 5.41) is 7.56. The monoisotopic (exact) mass is 393 g/mol. The molecule has 0 unspecified atom stereocenters. The number of halogens is 1. The highest BCUT2D eigenvalue weighted by Crippen LogP contribution is 2.32. The number of amides is 1. The molecule has 2 aliphatic heterocycles. The van der Waals surface area contributed by atoms with E-state index in [2.05, 4.69) is 32.4 Å². The van der Waals surface area contributed by atoms with Crippen molar-refractivity contribution >= 4 is 46.8 Å². The molecule has 4 rings (SSSR count). The minimum Gasteiger partial charge on any atom is -0.351 e. The summed E-state index contributed by atoms with van der Waals surface area (Å²) in [6, 6.07) is 2.02. The Balaban J connectivity index is 0.00000196. The largest absolute Gasteiger partial charge is 0.351 e. The van der Waals surface area contributed by atoms with Crippen molar-refractivity contribution in [1.29, 1.82) is 0 Å². The summed E-state index contributed by atoms with van der Waals surface area (Å²) in [4.78, 5) is 23.1. The number of thioether (sulfide) groups is 1. The van der Waals surface area contributed by atoms with Gasteiger partial charge in [0.05, 0.1) is 10.6 Å². The molecule has 1 atom stereocenters. The normalized spacial score (nSPS) is 20.0. The van der Waals surface area contributed by atoms with E-state index in [1.807, 2.05) is 24.7 Å². The molecule has 8 heteroatoms. The van der Waals surface area contributed by atoms with Gasteiger partial charge in [0.25, 0.3) is 5.91 Å². The number of rotatable bonds is 4. The molecule has 6 nitrogen and oxygen atoms in total. The van der Waals surface area contributed by atoms with Crippen LogP contribution in [0.25, 0.3) is 11.0 Å². The van der Waals surface area contributed by atoms with Crippen LogP contribution in [0, 0.1) is 12.8 Å². The van der Waals surface area contributed by atoms with Crippen molar-refractivity contribution in [2.75, 3.05) is 36.8 Å². The van der Waals surface area contributed by atoms with Gasteiger partial charge in [0.2, 0.25) is 0 Å². The molecular weight excluding hydrogens is 370 g/mol. The Kier molecular flexibility index (Phi) is 6.11. The Morgan fingerprint density at radius 1 is 1.50 bits per heavy atom. The highest BCUT2D eigenvalue weighted by atomic mass is 35.5. The van der Waals surface area contributed by atoms with Crippen LogP contribution in [-0.4, -0.2) is 47.8 Å². The Morgan fingerprint density at radius 3 is 3.19 bits per heavy atom. The predicted octanol–water partition coefficient (Wildman–Crippen LogP) is 2.41. The van der Waals surface area contributed by atoms with Crippen molar-refractivity contribution in [3.05, 3.63) is 35.1 Å². The Hall–Kier alpha value is -1.70. The van der Waals surface area contributed by atoms with Crippen LogP contribution < -0.4 is 15.5 Å². The van der Waals surface area contributed by atoms with Crippen molar-refractivity contribution < 1.29 is 4.79 Å². The van der Waals surface area contributed by atoms with Gasteiger partial charge in [-0.3, -0.25) is 4.79 Å². The minimum absolute atomic E-state index is 0. The number of pyridine rings is 1. The Morgan fingerprint density at radius 2 is 2.38 bits per heavy atom. The van der Waals surface area contributed by atoms with Gasteiger partial charge in [-0.25, -0.2) is 4.98 Å². The van der Waals surface area contributed by atoms with Crippen LogP contribution in [0.1, 0.15) is 12.0 Å². The first-order chi connectivity index (χ1) is 12.2. The number of H-pyrrole nitrogens is 1. The maximum atomic E-state index is 12.5. The fourth-order valence-corrected chi connectivity index (χ4v) is 4.38. The lowest BCUT2D eigenvalue weighted by molar-refractivity contribution is -0.117. The number of fused-ring (bicyclic) bond motifs is 1. The van der Waals surface area contributed by atoms with Gasteiger partial charge in [0, 0.05) is 42.8 Å². The summed E-state index contributed by atoms with van der Waals surface area (Å²) in [6.07, 6.45) is 6.92. The lowest BCUT2D eigenvalue weighted by atomic mass is 10.1. The molecule has 1 amide bonds. The summed E-state index contributed by atoms with van der Waals surface area (Å²) in [5.41, 5.74) is 3.17. The molecule has 0 bridgehead atoms. The quantitative estimate of drug-likeness (QED) is 0.744. The molecule has 2 aromatic heterocycles. The van der Waals surface area contributed by atoms with E-state index >= 15 is 0 Å². The second-order valence-corrected chi connectivity index (χ2v) is 7.77. The molecule has 140 valence electrons. The zero-order valence-electron chi connectivity index (χ0n) is 14.7. The average molecular weight is 394 g/mol. The van der Waals surface area contributed by atoms with E-state index in [0.29, 0.717) is 5.92 Å². The minimum atomic E-state index is 0. The van der Waals surface area contributed by atoms with E-state index < -0.39 is 0 Å². The molecule has 0 spiro atoms. The number of hydrogen-bond acceptors (Lipinski definition) is 5. The maximum absolute atomic E-state index is 12.5. The standard InChI is InChI=1S/C18H23N5OS.ClH/c1-12-8-21-17-16(12)14(3-5-20-17)23-6-7-25-15(11-23)18(24)22-10-13-2-4-19-9-13;/h3,5,8,11,13,19H,2,4,6-7,9-10H2,1H3,(H,20,21)(H,22,24);1H/t13-;/m1./s1. The van der Waals surface area contributed by atoms with Gasteiger partial charge >= 0.3 is 0 Å². The predicted molar refractivity (Wildman–Crippen MR) is 110 cm³/mol. The van der Waals surface area contributed by atoms with Crippen LogP contribution in [0.5, 0.6) is 0 Å². The molecule has 2 aromatic rings. The number of nitrogens with zero attached hydrogens (tertiary/aromatic N) is 2. The van der Waals surface area contributed by atoms with Crippen molar-refractivity contribution in [1.82, 2.24) is 20.6 Å². The molecule has 1 fully saturated rings. The van der Waals surface area contributed by atoms with Crippen LogP contribution in [0.15, 0.2) is 29.6 Å². The number of anilines is 1. The van der Waals surface area contributed by atoms with Gasteiger partial charge in [-0.2, -0.15) is 0 Å². The van der Waals surface area contributed by atoms with E-state index in [1.165, 1.54) is 5.56 Å². The number of carbonyl (C=O) groups excluding carboxylic acids is 1. The van der Waals surface area contributed by atoms with Gasteiger partial charge in [-0.15, -0.1) is 24.2 Å². The number of aromatic amines is 1. The molecule has 0 radical (unpaired) electrons. The summed E-state index contributed by atoms with van der Waals surface area (Å²) in [5.74, 6) is 1.49. The van der Waals surface area contributed by atoms with Gasteiger partial charge in [0.15, 0.2) is 0 Å². The van der Waals surface area contributed by atoms with Crippen molar-refractivity contribution in [2.24, 2.45) is 5.92 Å². The molecule has 0 aromatic carbocycles. The number of aromatic nitrogens is 2. The average Bonchev–Trinajstić information content (AvgIpc) is 3.30. The van der Waals surface area contributed by atoms with Crippen LogP contribution in [-0.2, 0) is 4.79 Å². The van der Waals surface area contributed by atoms with Crippen molar-refractivity contribution in [2.45, 2.75) is 13.3 Å². The van der Waals surface area contributed by atoms with Crippen molar-refractivity contribution in [3.8, 4) is 0 Å². The summed E-state index contributed by atoms with van der Waals surface area (Å²) < 4.78 is 0. The van der Waals surface area contributed by atoms with Crippen LogP contribution >= 0.6 is 24.2 Å². The van der Waals surface area contributed by atoms with E-state index in [4.69, 9.17) is 0 Å². The first-order valence-corrected chi connectivity index (χ1v) is 9.74. The van der Waals surface area contributed by atoms with E-state index in [0.717, 1.165) is 60.0 Å². The van der Waals surface area contributed by atoms with Crippen LogP contribution in [0.2, 0.25) is 0 Å².